The van der Waals surface area contributed by atoms with Crippen molar-refractivity contribution in [2.24, 2.45) is 5.92 Å². The maximum absolute atomic E-state index is 13.1. The average molecular weight is 287 g/mol. The summed E-state index contributed by atoms with van der Waals surface area (Å²) in [6.45, 7) is 0.718. The van der Waals surface area contributed by atoms with E-state index in [1.165, 1.54) is 44.2 Å². The minimum absolute atomic E-state index is 0.256. The number of hydrogen-bond donors (Lipinski definition) is 0. The lowest BCUT2D eigenvalue weighted by Gasteiger charge is -2.21. The van der Waals surface area contributed by atoms with Crippen LogP contribution in [0.4, 0.5) is 4.39 Å². The first-order valence-corrected chi connectivity index (χ1v) is 6.62. The largest absolute Gasteiger partial charge is 0.493 e. The summed E-state index contributed by atoms with van der Waals surface area (Å²) in [5.74, 6) is 1.02. The molecule has 0 atom stereocenters. The highest BCUT2D eigenvalue weighted by molar-refractivity contribution is 9.10. The van der Waals surface area contributed by atoms with Gasteiger partial charge in [0.1, 0.15) is 11.6 Å². The van der Waals surface area contributed by atoms with Gasteiger partial charge < -0.3 is 4.74 Å². The summed E-state index contributed by atoms with van der Waals surface area (Å²) < 4.78 is 19.4. The van der Waals surface area contributed by atoms with Crippen molar-refractivity contribution in [1.29, 1.82) is 0 Å². The molecule has 1 aromatic rings. The molecule has 0 heterocycles. The Morgan fingerprint density at radius 1 is 1.19 bits per heavy atom. The first kappa shape index (κ1) is 11.9. The van der Waals surface area contributed by atoms with Crippen LogP contribution >= 0.6 is 15.9 Å². The Hall–Kier alpha value is -0.570. The number of ether oxygens (including phenoxy) is 1. The van der Waals surface area contributed by atoms with Crippen molar-refractivity contribution in [1.82, 2.24) is 0 Å². The van der Waals surface area contributed by atoms with Crippen LogP contribution in [0.15, 0.2) is 22.7 Å². The van der Waals surface area contributed by atoms with Crippen LogP contribution < -0.4 is 4.74 Å². The average Bonchev–Trinajstić information content (AvgIpc) is 2.27. The second kappa shape index (κ2) is 5.67. The fourth-order valence-corrected chi connectivity index (χ4v) is 2.62. The van der Waals surface area contributed by atoms with Gasteiger partial charge in [-0.2, -0.15) is 0 Å². The van der Waals surface area contributed by atoms with Crippen molar-refractivity contribution in [3.8, 4) is 5.75 Å². The summed E-state index contributed by atoms with van der Waals surface area (Å²) in [5.41, 5.74) is 0. The van der Waals surface area contributed by atoms with Crippen molar-refractivity contribution in [3.05, 3.63) is 28.5 Å². The number of benzene rings is 1. The SMILES string of the molecule is Fc1cc(Br)cc(OCC2CCCCC2)c1. The molecule has 0 saturated heterocycles. The molecule has 0 radical (unpaired) electrons. The first-order chi connectivity index (χ1) is 7.74. The Morgan fingerprint density at radius 3 is 2.62 bits per heavy atom. The molecule has 0 unspecified atom stereocenters. The molecule has 0 aromatic heterocycles. The Morgan fingerprint density at radius 2 is 1.94 bits per heavy atom. The summed E-state index contributed by atoms with van der Waals surface area (Å²) in [7, 11) is 0. The molecule has 1 nitrogen and oxygen atoms in total. The van der Waals surface area contributed by atoms with Crippen LogP contribution in [-0.2, 0) is 0 Å². The molecule has 0 amide bonds. The molecule has 0 N–H and O–H groups in total. The molecule has 1 saturated carbocycles. The van der Waals surface area contributed by atoms with Crippen LogP contribution in [0.5, 0.6) is 5.75 Å². The summed E-state index contributed by atoms with van der Waals surface area (Å²) in [4.78, 5) is 0. The fourth-order valence-electron chi connectivity index (χ4n) is 2.18. The second-order valence-corrected chi connectivity index (χ2v) is 5.34. The van der Waals surface area contributed by atoms with Crippen LogP contribution in [0.1, 0.15) is 32.1 Å². The van der Waals surface area contributed by atoms with Crippen molar-refractivity contribution in [2.75, 3.05) is 6.61 Å². The monoisotopic (exact) mass is 286 g/mol. The quantitative estimate of drug-likeness (QED) is 0.792. The molecular weight excluding hydrogens is 271 g/mol. The topological polar surface area (TPSA) is 9.23 Å². The van der Waals surface area contributed by atoms with Gasteiger partial charge in [0, 0.05) is 10.5 Å². The van der Waals surface area contributed by atoms with Gasteiger partial charge in [0.05, 0.1) is 6.61 Å². The zero-order chi connectivity index (χ0) is 11.4. The summed E-state index contributed by atoms with van der Waals surface area (Å²) in [5, 5.41) is 0. The molecule has 1 aromatic carbocycles. The first-order valence-electron chi connectivity index (χ1n) is 5.83. The Labute approximate surface area is 104 Å². The highest BCUT2D eigenvalue weighted by Crippen LogP contribution is 2.26. The van der Waals surface area contributed by atoms with Gasteiger partial charge in [-0.1, -0.05) is 35.2 Å². The van der Waals surface area contributed by atoms with E-state index in [4.69, 9.17) is 4.74 Å². The highest BCUT2D eigenvalue weighted by Gasteiger charge is 2.14. The Bertz CT molecular complexity index is 328. The van der Waals surface area contributed by atoms with Gasteiger partial charge in [0.25, 0.3) is 0 Å². The molecule has 88 valence electrons. The minimum Gasteiger partial charge on any atom is -0.493 e. The fraction of sp³-hybridized carbons (Fsp3) is 0.538. The third-order valence-corrected chi connectivity index (χ3v) is 3.50. The van der Waals surface area contributed by atoms with Crippen molar-refractivity contribution < 1.29 is 9.13 Å². The zero-order valence-electron chi connectivity index (χ0n) is 9.22. The van der Waals surface area contributed by atoms with Crippen LogP contribution in [0, 0.1) is 11.7 Å². The van der Waals surface area contributed by atoms with Crippen molar-refractivity contribution in [2.45, 2.75) is 32.1 Å². The third kappa shape index (κ3) is 3.48. The molecule has 0 spiro atoms. The summed E-state index contributed by atoms with van der Waals surface area (Å²) in [6.07, 6.45) is 6.46. The van der Waals surface area contributed by atoms with Gasteiger partial charge in [-0.05, 0) is 30.9 Å². The van der Waals surface area contributed by atoms with E-state index < -0.39 is 0 Å². The lowest BCUT2D eigenvalue weighted by Crippen LogP contribution is -2.15. The van der Waals surface area contributed by atoms with E-state index in [9.17, 15) is 4.39 Å². The van der Waals surface area contributed by atoms with Gasteiger partial charge >= 0.3 is 0 Å². The Balaban J connectivity index is 1.88. The standard InChI is InChI=1S/C13H16BrFO/c14-11-6-12(15)8-13(7-11)16-9-10-4-2-1-3-5-10/h6-8,10H,1-5,9H2. The van der Waals surface area contributed by atoms with Crippen LogP contribution in [-0.4, -0.2) is 6.61 Å². The Kier molecular flexibility index (Phi) is 4.22. The highest BCUT2D eigenvalue weighted by atomic mass is 79.9. The molecule has 0 bridgehead atoms. The number of halogens is 2. The van der Waals surface area contributed by atoms with E-state index in [0.29, 0.717) is 11.7 Å². The number of rotatable bonds is 3. The molecule has 2 rings (SSSR count). The van der Waals surface area contributed by atoms with Gasteiger partial charge in [-0.3, -0.25) is 0 Å². The van der Waals surface area contributed by atoms with E-state index in [0.717, 1.165) is 11.1 Å². The molecule has 0 aliphatic heterocycles. The lowest BCUT2D eigenvalue weighted by atomic mass is 9.90. The smallest absolute Gasteiger partial charge is 0.128 e. The predicted octanol–water partition coefficient (Wildman–Crippen LogP) is 4.55. The molecule has 1 fully saturated rings. The minimum atomic E-state index is -0.256. The molecular formula is C13H16BrFO. The van der Waals surface area contributed by atoms with E-state index in [2.05, 4.69) is 15.9 Å². The number of hydrogen-bond acceptors (Lipinski definition) is 1. The van der Waals surface area contributed by atoms with Crippen LogP contribution in [0.3, 0.4) is 0 Å². The molecule has 3 heteroatoms. The zero-order valence-corrected chi connectivity index (χ0v) is 10.8. The molecule has 16 heavy (non-hydrogen) atoms. The maximum atomic E-state index is 13.1. The van der Waals surface area contributed by atoms with E-state index in [-0.39, 0.29) is 5.82 Å². The van der Waals surface area contributed by atoms with Crippen LogP contribution in [0.25, 0.3) is 0 Å². The second-order valence-electron chi connectivity index (χ2n) is 4.42. The lowest BCUT2D eigenvalue weighted by molar-refractivity contribution is 0.208. The van der Waals surface area contributed by atoms with Gasteiger partial charge in [-0.15, -0.1) is 0 Å². The van der Waals surface area contributed by atoms with E-state index in [1.807, 2.05) is 6.07 Å². The molecule has 1 aliphatic carbocycles. The van der Waals surface area contributed by atoms with Gasteiger partial charge in [0.15, 0.2) is 0 Å². The third-order valence-electron chi connectivity index (χ3n) is 3.05. The maximum Gasteiger partial charge on any atom is 0.128 e. The van der Waals surface area contributed by atoms with Crippen LogP contribution in [0.2, 0.25) is 0 Å². The predicted molar refractivity (Wildman–Crippen MR) is 66.2 cm³/mol. The summed E-state index contributed by atoms with van der Waals surface area (Å²) in [6, 6.07) is 4.69. The normalized spacial score (nSPS) is 17.4. The van der Waals surface area contributed by atoms with E-state index >= 15 is 0 Å². The summed E-state index contributed by atoms with van der Waals surface area (Å²) >= 11 is 3.26. The molecule has 1 aliphatic rings. The van der Waals surface area contributed by atoms with E-state index in [1.54, 1.807) is 0 Å². The van der Waals surface area contributed by atoms with Crippen molar-refractivity contribution >= 4 is 15.9 Å². The van der Waals surface area contributed by atoms with Crippen molar-refractivity contribution in [3.63, 3.8) is 0 Å². The van der Waals surface area contributed by atoms with Gasteiger partial charge in [0.2, 0.25) is 0 Å². The van der Waals surface area contributed by atoms with Gasteiger partial charge in [-0.25, -0.2) is 4.39 Å².